The number of amides is 3. The van der Waals surface area contributed by atoms with Crippen molar-refractivity contribution in [1.29, 1.82) is 0 Å². The Morgan fingerprint density at radius 3 is 1.69 bits per heavy atom. The van der Waals surface area contributed by atoms with Crippen molar-refractivity contribution in [2.45, 2.75) is 43.4 Å². The second-order valence-electron chi connectivity index (χ2n) is 7.47. The molecule has 0 radical (unpaired) electrons. The molecule has 0 bridgehead atoms. The molecule has 2 heterocycles. The normalized spacial score (nSPS) is 14.2. The van der Waals surface area contributed by atoms with Crippen LogP contribution in [0.2, 0.25) is 0 Å². The number of H-pyrrole nitrogens is 2. The molecule has 0 saturated heterocycles. The average molecular weight is 511 g/mol. The molecule has 2 rings (SSSR count). The number of carboxylic acid groups (broad SMARTS) is 2. The van der Waals surface area contributed by atoms with Gasteiger partial charge >= 0.3 is 11.9 Å². The van der Waals surface area contributed by atoms with Gasteiger partial charge in [0, 0.05) is 42.4 Å². The topological polar surface area (TPSA) is 245 Å². The molecule has 0 fully saturated rings. The number of aromatic nitrogens is 4. The largest absolute Gasteiger partial charge is 0.481 e. The summed E-state index contributed by atoms with van der Waals surface area (Å²) in [5, 5.41) is 25.3. The third-order valence-corrected chi connectivity index (χ3v) is 5.12. The van der Waals surface area contributed by atoms with Crippen LogP contribution >= 0.6 is 12.6 Å². The molecule has 3 amide bonds. The van der Waals surface area contributed by atoms with Crippen LogP contribution < -0.4 is 21.7 Å². The zero-order valence-corrected chi connectivity index (χ0v) is 19.2. The summed E-state index contributed by atoms with van der Waals surface area (Å²) in [6.45, 7) is 0. The molecular formula is C19H26N8O7S. The van der Waals surface area contributed by atoms with Gasteiger partial charge in [-0.1, -0.05) is 0 Å². The Balaban J connectivity index is 2.22. The van der Waals surface area contributed by atoms with Gasteiger partial charge in [-0.25, -0.2) is 14.8 Å². The van der Waals surface area contributed by atoms with Crippen LogP contribution in [-0.2, 0) is 36.8 Å². The van der Waals surface area contributed by atoms with Gasteiger partial charge in [-0.2, -0.15) is 12.6 Å². The van der Waals surface area contributed by atoms with E-state index in [1.165, 1.54) is 25.0 Å². The molecule has 2 aromatic heterocycles. The number of thiol groups is 1. The number of nitrogens with two attached hydrogens (primary N) is 1. The third kappa shape index (κ3) is 8.74. The number of rotatable bonds is 14. The zero-order chi connectivity index (χ0) is 26.0. The van der Waals surface area contributed by atoms with Crippen LogP contribution in [-0.4, -0.2) is 89.7 Å². The lowest BCUT2D eigenvalue weighted by Gasteiger charge is -2.24. The number of carboxylic acids is 2. The summed E-state index contributed by atoms with van der Waals surface area (Å²) >= 11 is 3.91. The van der Waals surface area contributed by atoms with E-state index in [1.807, 2.05) is 0 Å². The van der Waals surface area contributed by atoms with Gasteiger partial charge in [-0.05, 0) is 0 Å². The maximum atomic E-state index is 13.1. The number of hydrogen-bond donors (Lipinski definition) is 9. The lowest BCUT2D eigenvalue weighted by molar-refractivity contribution is -0.141. The van der Waals surface area contributed by atoms with E-state index in [2.05, 4.69) is 48.5 Å². The summed E-state index contributed by atoms with van der Waals surface area (Å²) in [5.41, 5.74) is 6.53. The maximum Gasteiger partial charge on any atom is 0.327 e. The van der Waals surface area contributed by atoms with Crippen LogP contribution in [0, 0.1) is 0 Å². The Morgan fingerprint density at radius 2 is 1.31 bits per heavy atom. The van der Waals surface area contributed by atoms with E-state index in [-0.39, 0.29) is 18.6 Å². The summed E-state index contributed by atoms with van der Waals surface area (Å²) < 4.78 is 0. The molecule has 0 aliphatic carbocycles. The van der Waals surface area contributed by atoms with Crippen LogP contribution in [0.4, 0.5) is 0 Å². The minimum absolute atomic E-state index is 0.0697. The van der Waals surface area contributed by atoms with E-state index in [0.29, 0.717) is 11.4 Å². The molecule has 0 saturated carbocycles. The molecule has 2 aromatic rings. The molecule has 16 heteroatoms. The number of aromatic amines is 2. The number of aliphatic carboxylic acids is 2. The summed E-state index contributed by atoms with van der Waals surface area (Å²) in [6, 6.07) is -5.24. The Hall–Kier alpha value is -3.92. The maximum absolute atomic E-state index is 13.1. The quantitative estimate of drug-likeness (QED) is 0.118. The van der Waals surface area contributed by atoms with Gasteiger partial charge in [0.15, 0.2) is 0 Å². The number of nitrogens with zero attached hydrogens (tertiary/aromatic N) is 2. The lowest BCUT2D eigenvalue weighted by Crippen LogP contribution is -2.58. The molecule has 15 nitrogen and oxygen atoms in total. The smallest absolute Gasteiger partial charge is 0.327 e. The monoisotopic (exact) mass is 510 g/mol. The number of imidazole rings is 2. The van der Waals surface area contributed by atoms with Gasteiger partial charge in [-0.3, -0.25) is 19.2 Å². The first-order valence-electron chi connectivity index (χ1n) is 10.3. The molecule has 0 unspecified atom stereocenters. The van der Waals surface area contributed by atoms with Gasteiger partial charge in [-0.15, -0.1) is 0 Å². The molecule has 190 valence electrons. The van der Waals surface area contributed by atoms with Crippen molar-refractivity contribution in [2.24, 2.45) is 5.73 Å². The second kappa shape index (κ2) is 13.1. The molecule has 0 spiro atoms. The summed E-state index contributed by atoms with van der Waals surface area (Å²) in [7, 11) is 0. The second-order valence-corrected chi connectivity index (χ2v) is 7.84. The fourth-order valence-electron chi connectivity index (χ4n) is 2.94. The van der Waals surface area contributed by atoms with Crippen molar-refractivity contribution in [1.82, 2.24) is 35.9 Å². The standard InChI is InChI=1S/C19H26N8O7S/c20-11(3-15(28)29)16(30)25-12(1-9-4-21-7-23-9)17(31)26-13(2-10-5-22-8-24-10)18(32)27-14(6-35)19(33)34/h4-5,7-8,11-14,35H,1-3,6,20H2,(H,21,23)(H,22,24)(H,25,30)(H,26,31)(H,27,32)(H,28,29)(H,33,34)/t11-,12-,13-,14-/m0/s1. The average Bonchev–Trinajstić information content (AvgIpc) is 3.49. The van der Waals surface area contributed by atoms with Gasteiger partial charge in [0.1, 0.15) is 18.1 Å². The first-order valence-corrected chi connectivity index (χ1v) is 10.9. The van der Waals surface area contributed by atoms with Gasteiger partial charge in [0.2, 0.25) is 17.7 Å². The Kier molecular flexibility index (Phi) is 10.2. The van der Waals surface area contributed by atoms with E-state index >= 15 is 0 Å². The van der Waals surface area contributed by atoms with Crippen LogP contribution in [0.5, 0.6) is 0 Å². The van der Waals surface area contributed by atoms with Crippen LogP contribution in [0.1, 0.15) is 17.8 Å². The van der Waals surface area contributed by atoms with Gasteiger partial charge in [0.25, 0.3) is 0 Å². The highest BCUT2D eigenvalue weighted by atomic mass is 32.1. The molecule has 0 aromatic carbocycles. The highest BCUT2D eigenvalue weighted by molar-refractivity contribution is 7.80. The van der Waals surface area contributed by atoms with E-state index in [1.54, 1.807) is 0 Å². The van der Waals surface area contributed by atoms with Crippen LogP contribution in [0.25, 0.3) is 0 Å². The van der Waals surface area contributed by atoms with Gasteiger partial charge < -0.3 is 41.9 Å². The van der Waals surface area contributed by atoms with Crippen molar-refractivity contribution >= 4 is 42.3 Å². The van der Waals surface area contributed by atoms with E-state index in [0.717, 1.165) is 0 Å². The van der Waals surface area contributed by atoms with E-state index < -0.39 is 60.2 Å². The fourth-order valence-corrected chi connectivity index (χ4v) is 3.19. The summed E-state index contributed by atoms with van der Waals surface area (Å²) in [5.74, 6) is -5.28. The van der Waals surface area contributed by atoms with Crippen molar-refractivity contribution in [3.05, 3.63) is 36.4 Å². The zero-order valence-electron chi connectivity index (χ0n) is 18.3. The van der Waals surface area contributed by atoms with Crippen LogP contribution in [0.3, 0.4) is 0 Å². The van der Waals surface area contributed by atoms with Crippen molar-refractivity contribution < 1.29 is 34.2 Å². The minimum atomic E-state index is -1.42. The van der Waals surface area contributed by atoms with Crippen LogP contribution in [0.15, 0.2) is 25.0 Å². The number of carbonyl (C=O) groups excluding carboxylic acids is 3. The highest BCUT2D eigenvalue weighted by Gasteiger charge is 2.31. The minimum Gasteiger partial charge on any atom is -0.481 e. The molecule has 0 aliphatic heterocycles. The first kappa shape index (κ1) is 27.3. The van der Waals surface area contributed by atoms with Crippen molar-refractivity contribution in [3.63, 3.8) is 0 Å². The predicted octanol–water partition coefficient (Wildman–Crippen LogP) is -2.81. The van der Waals surface area contributed by atoms with Crippen molar-refractivity contribution in [3.8, 4) is 0 Å². The summed E-state index contributed by atoms with van der Waals surface area (Å²) in [4.78, 5) is 73.8. The molecule has 9 N–H and O–H groups in total. The molecule has 0 aliphatic rings. The third-order valence-electron chi connectivity index (χ3n) is 4.75. The summed E-state index contributed by atoms with van der Waals surface area (Å²) in [6.07, 6.45) is 4.77. The van der Waals surface area contributed by atoms with Crippen molar-refractivity contribution in [2.75, 3.05) is 5.75 Å². The fraction of sp³-hybridized carbons (Fsp3) is 0.421. The van der Waals surface area contributed by atoms with E-state index in [9.17, 15) is 29.1 Å². The Labute approximate surface area is 204 Å². The van der Waals surface area contributed by atoms with E-state index in [4.69, 9.17) is 10.8 Å². The number of nitrogens with one attached hydrogen (secondary N) is 5. The Bertz CT molecular complexity index is 1010. The molecule has 4 atom stereocenters. The Morgan fingerprint density at radius 1 is 0.857 bits per heavy atom. The highest BCUT2D eigenvalue weighted by Crippen LogP contribution is 2.05. The number of carbonyl (C=O) groups is 5. The molecule has 35 heavy (non-hydrogen) atoms. The lowest BCUT2D eigenvalue weighted by atomic mass is 10.1. The predicted molar refractivity (Wildman–Crippen MR) is 122 cm³/mol. The first-order chi connectivity index (χ1) is 16.6. The van der Waals surface area contributed by atoms with Gasteiger partial charge in [0.05, 0.1) is 25.1 Å². The molecular weight excluding hydrogens is 484 g/mol. The SMILES string of the molecule is N[C@@H](CC(=O)O)C(=O)N[C@@H](Cc1cnc[nH]1)C(=O)N[C@@H](Cc1cnc[nH]1)C(=O)N[C@@H](CS)C(=O)O. The number of hydrogen-bond acceptors (Lipinski definition) is 9.